The molecule has 0 saturated carbocycles. The quantitative estimate of drug-likeness (QED) is 0.678. The highest BCUT2D eigenvalue weighted by molar-refractivity contribution is 6.03. The predicted molar refractivity (Wildman–Crippen MR) is 95.9 cm³/mol. The summed E-state index contributed by atoms with van der Waals surface area (Å²) >= 11 is 0. The minimum absolute atomic E-state index is 0.0685. The zero-order valence-corrected chi connectivity index (χ0v) is 14.1. The van der Waals surface area contributed by atoms with Gasteiger partial charge >= 0.3 is 0 Å². The van der Waals surface area contributed by atoms with E-state index in [1.54, 1.807) is 0 Å². The highest BCUT2D eigenvalue weighted by Gasteiger charge is 2.36. The molecular weight excluding hydrogens is 266 g/mol. The molecule has 2 aromatic rings. The predicted octanol–water partition coefficient (Wildman–Crippen LogP) is 5.82. The van der Waals surface area contributed by atoms with E-state index in [0.717, 1.165) is 11.3 Å². The van der Waals surface area contributed by atoms with Gasteiger partial charge in [-0.05, 0) is 48.9 Å². The van der Waals surface area contributed by atoms with Crippen LogP contribution in [-0.4, -0.2) is 4.98 Å². The Balaban J connectivity index is 2.57. The standard InChI is InChI=1S/C21H23N/c1-7-14(4)17-19(13(2)3)21(5,6)16-10-8-9-15-11-12-22-20(17)18(15)16/h7-12H,2H2,1,3-6H3/b14-7-. The maximum absolute atomic E-state index is 4.75. The molecule has 0 bridgehead atoms. The smallest absolute Gasteiger partial charge is 0.0789 e. The Morgan fingerprint density at radius 2 is 1.91 bits per heavy atom. The number of nitrogens with zero attached hydrogens (tertiary/aromatic N) is 1. The van der Waals surface area contributed by atoms with Crippen molar-refractivity contribution in [3.8, 4) is 0 Å². The molecule has 0 spiro atoms. The SMILES string of the molecule is C=C(C)C1=C(/C(C)=C\C)c2nccc3cccc(c23)C1(C)C. The van der Waals surface area contributed by atoms with E-state index in [-0.39, 0.29) is 5.41 Å². The highest BCUT2D eigenvalue weighted by Crippen LogP contribution is 2.49. The molecule has 0 radical (unpaired) electrons. The fraction of sp³-hybridized carbons (Fsp3) is 0.286. The van der Waals surface area contributed by atoms with Crippen LogP contribution in [-0.2, 0) is 5.41 Å². The Kier molecular flexibility index (Phi) is 3.32. The molecule has 1 aromatic heterocycles. The van der Waals surface area contributed by atoms with Gasteiger partial charge in [0.2, 0.25) is 0 Å². The molecule has 1 heteroatoms. The summed E-state index contributed by atoms with van der Waals surface area (Å²) in [7, 11) is 0. The van der Waals surface area contributed by atoms with E-state index < -0.39 is 0 Å². The van der Waals surface area contributed by atoms with Crippen LogP contribution in [0.3, 0.4) is 0 Å². The first-order chi connectivity index (χ1) is 10.4. The van der Waals surface area contributed by atoms with Gasteiger partial charge in [0.15, 0.2) is 0 Å². The van der Waals surface area contributed by atoms with Crippen molar-refractivity contribution in [2.24, 2.45) is 0 Å². The van der Waals surface area contributed by atoms with Crippen molar-refractivity contribution in [2.45, 2.75) is 40.0 Å². The van der Waals surface area contributed by atoms with Gasteiger partial charge in [0.1, 0.15) is 0 Å². The van der Waals surface area contributed by atoms with Crippen molar-refractivity contribution >= 4 is 16.3 Å². The normalized spacial score (nSPS) is 17.0. The Bertz CT molecular complexity index is 842. The van der Waals surface area contributed by atoms with Crippen LogP contribution in [0.2, 0.25) is 0 Å². The summed E-state index contributed by atoms with van der Waals surface area (Å²) < 4.78 is 0. The van der Waals surface area contributed by atoms with Crippen LogP contribution in [0.5, 0.6) is 0 Å². The molecule has 1 aliphatic carbocycles. The van der Waals surface area contributed by atoms with E-state index >= 15 is 0 Å². The van der Waals surface area contributed by atoms with Gasteiger partial charge in [0.05, 0.1) is 5.69 Å². The summed E-state index contributed by atoms with van der Waals surface area (Å²) in [6.45, 7) is 15.2. The lowest BCUT2D eigenvalue weighted by atomic mass is 9.66. The largest absolute Gasteiger partial charge is 0.256 e. The third kappa shape index (κ3) is 1.89. The lowest BCUT2D eigenvalue weighted by Gasteiger charge is -2.37. The first-order valence-electron chi connectivity index (χ1n) is 7.82. The number of aromatic nitrogens is 1. The molecule has 1 heterocycles. The highest BCUT2D eigenvalue weighted by atomic mass is 14.7. The number of benzene rings is 1. The van der Waals surface area contributed by atoms with Crippen LogP contribution >= 0.6 is 0 Å². The van der Waals surface area contributed by atoms with Gasteiger partial charge in [0, 0.05) is 22.6 Å². The third-order valence-corrected chi connectivity index (χ3v) is 4.83. The van der Waals surface area contributed by atoms with Crippen LogP contribution < -0.4 is 0 Å². The summed E-state index contributed by atoms with van der Waals surface area (Å²) in [5.74, 6) is 0. The van der Waals surface area contributed by atoms with E-state index in [1.165, 1.54) is 33.1 Å². The summed E-state index contributed by atoms with van der Waals surface area (Å²) in [6, 6.07) is 8.66. The van der Waals surface area contributed by atoms with Crippen molar-refractivity contribution in [2.75, 3.05) is 0 Å². The average molecular weight is 289 g/mol. The van der Waals surface area contributed by atoms with Gasteiger partial charge in [0.25, 0.3) is 0 Å². The Morgan fingerprint density at radius 3 is 2.55 bits per heavy atom. The minimum atomic E-state index is -0.0685. The molecule has 1 aromatic carbocycles. The molecule has 0 fully saturated rings. The number of hydrogen-bond donors (Lipinski definition) is 0. The van der Waals surface area contributed by atoms with Gasteiger partial charge < -0.3 is 0 Å². The van der Waals surface area contributed by atoms with Crippen molar-refractivity contribution in [3.63, 3.8) is 0 Å². The monoisotopic (exact) mass is 289 g/mol. The second kappa shape index (κ2) is 4.95. The molecule has 0 atom stereocenters. The topological polar surface area (TPSA) is 12.9 Å². The number of rotatable bonds is 2. The summed E-state index contributed by atoms with van der Waals surface area (Å²) in [4.78, 5) is 4.75. The van der Waals surface area contributed by atoms with Gasteiger partial charge in [-0.1, -0.05) is 50.3 Å². The van der Waals surface area contributed by atoms with E-state index in [1.807, 2.05) is 6.20 Å². The Morgan fingerprint density at radius 1 is 1.18 bits per heavy atom. The molecule has 0 unspecified atom stereocenters. The second-order valence-corrected chi connectivity index (χ2v) is 6.69. The first-order valence-corrected chi connectivity index (χ1v) is 7.82. The number of pyridine rings is 1. The summed E-state index contributed by atoms with van der Waals surface area (Å²) in [5.41, 5.74) is 7.32. The van der Waals surface area contributed by atoms with Crippen LogP contribution in [0.15, 0.2) is 59.8 Å². The lowest BCUT2D eigenvalue weighted by Crippen LogP contribution is -2.27. The molecule has 0 amide bonds. The fourth-order valence-electron chi connectivity index (χ4n) is 3.78. The number of hydrogen-bond acceptors (Lipinski definition) is 1. The maximum Gasteiger partial charge on any atom is 0.0789 e. The van der Waals surface area contributed by atoms with Crippen molar-refractivity contribution in [1.82, 2.24) is 4.98 Å². The van der Waals surface area contributed by atoms with E-state index in [4.69, 9.17) is 4.98 Å². The van der Waals surface area contributed by atoms with Gasteiger partial charge in [-0.2, -0.15) is 0 Å². The Hall–Kier alpha value is -2.15. The van der Waals surface area contributed by atoms with E-state index in [2.05, 4.69) is 71.5 Å². The molecule has 3 rings (SSSR count). The van der Waals surface area contributed by atoms with Crippen LogP contribution in [0.1, 0.15) is 45.9 Å². The van der Waals surface area contributed by atoms with Crippen LogP contribution in [0, 0.1) is 0 Å². The van der Waals surface area contributed by atoms with Gasteiger partial charge in [-0.25, -0.2) is 0 Å². The summed E-state index contributed by atoms with van der Waals surface area (Å²) in [6.07, 6.45) is 4.08. The lowest BCUT2D eigenvalue weighted by molar-refractivity contribution is 0.634. The van der Waals surface area contributed by atoms with Gasteiger partial charge in [-0.15, -0.1) is 0 Å². The molecule has 112 valence electrons. The zero-order valence-electron chi connectivity index (χ0n) is 14.1. The van der Waals surface area contributed by atoms with Crippen molar-refractivity contribution in [3.05, 3.63) is 71.1 Å². The summed E-state index contributed by atoms with van der Waals surface area (Å²) in [5, 5.41) is 2.55. The van der Waals surface area contributed by atoms with Gasteiger partial charge in [-0.3, -0.25) is 4.98 Å². The second-order valence-electron chi connectivity index (χ2n) is 6.69. The van der Waals surface area contributed by atoms with Crippen molar-refractivity contribution < 1.29 is 0 Å². The average Bonchev–Trinajstić information content (AvgIpc) is 2.49. The molecule has 0 saturated heterocycles. The van der Waals surface area contributed by atoms with E-state index in [9.17, 15) is 0 Å². The molecule has 0 N–H and O–H groups in total. The molecule has 1 nitrogen and oxygen atoms in total. The molecular formula is C21H23N. The van der Waals surface area contributed by atoms with Crippen LogP contribution in [0.4, 0.5) is 0 Å². The fourth-order valence-corrected chi connectivity index (χ4v) is 3.78. The first kappa shape index (κ1) is 14.8. The third-order valence-electron chi connectivity index (χ3n) is 4.83. The zero-order chi connectivity index (χ0) is 16.1. The molecule has 0 aliphatic heterocycles. The van der Waals surface area contributed by atoms with E-state index in [0.29, 0.717) is 0 Å². The van der Waals surface area contributed by atoms with Crippen molar-refractivity contribution in [1.29, 1.82) is 0 Å². The molecule has 1 aliphatic rings. The molecule has 22 heavy (non-hydrogen) atoms. The number of allylic oxidation sites excluding steroid dienone is 5. The minimum Gasteiger partial charge on any atom is -0.256 e. The Labute approximate surface area is 133 Å². The maximum atomic E-state index is 4.75. The van der Waals surface area contributed by atoms with Crippen LogP contribution in [0.25, 0.3) is 16.3 Å².